The topological polar surface area (TPSA) is 0 Å². The van der Waals surface area contributed by atoms with Crippen LogP contribution in [-0.2, 0) is 6.42 Å². The van der Waals surface area contributed by atoms with Gasteiger partial charge in [-0.1, -0.05) is 68.4 Å². The Balaban J connectivity index is 2.24. The maximum Gasteiger partial charge on any atom is 0.399 e. The van der Waals surface area contributed by atoms with Gasteiger partial charge < -0.3 is 0 Å². The fraction of sp³-hybridized carbons (Fsp3) is 0.278. The van der Waals surface area contributed by atoms with E-state index in [1.165, 1.54) is 12.1 Å². The van der Waals surface area contributed by atoms with Crippen LogP contribution in [0.5, 0.6) is 0 Å². The Morgan fingerprint density at radius 3 is 1.95 bits per heavy atom. The van der Waals surface area contributed by atoms with E-state index in [0.717, 1.165) is 5.56 Å². The third kappa shape index (κ3) is 4.10. The molecule has 0 aromatic heterocycles. The lowest BCUT2D eigenvalue weighted by molar-refractivity contribution is -0.110. The highest BCUT2D eigenvalue weighted by molar-refractivity contribution is 5.37. The van der Waals surface area contributed by atoms with Crippen molar-refractivity contribution in [1.82, 2.24) is 0 Å². The molecule has 0 bridgehead atoms. The van der Waals surface area contributed by atoms with Gasteiger partial charge in [-0.15, -0.1) is 0 Å². The Morgan fingerprint density at radius 1 is 0.905 bits per heavy atom. The SMILES string of the molecule is CC(C)c1ccc(C[C](c2ccccc2)C(F)(F)F)cc1. The van der Waals surface area contributed by atoms with E-state index in [1.54, 1.807) is 30.3 Å². The van der Waals surface area contributed by atoms with Crippen molar-refractivity contribution in [2.45, 2.75) is 32.4 Å². The highest BCUT2D eigenvalue weighted by Crippen LogP contribution is 2.36. The number of hydrogen-bond acceptors (Lipinski definition) is 0. The summed E-state index contributed by atoms with van der Waals surface area (Å²) in [5.41, 5.74) is 2.04. The summed E-state index contributed by atoms with van der Waals surface area (Å²) >= 11 is 0. The van der Waals surface area contributed by atoms with Crippen molar-refractivity contribution in [2.24, 2.45) is 0 Å². The van der Waals surface area contributed by atoms with Crippen LogP contribution in [0, 0.1) is 5.92 Å². The molecule has 0 atom stereocenters. The second-order valence-electron chi connectivity index (χ2n) is 5.42. The van der Waals surface area contributed by atoms with Crippen LogP contribution in [0.4, 0.5) is 13.2 Å². The van der Waals surface area contributed by atoms with E-state index in [1.807, 2.05) is 12.1 Å². The molecule has 0 saturated carbocycles. The molecule has 0 aliphatic rings. The van der Waals surface area contributed by atoms with E-state index in [4.69, 9.17) is 0 Å². The molecular formula is C18H18F3. The van der Waals surface area contributed by atoms with Crippen molar-refractivity contribution < 1.29 is 13.2 Å². The fourth-order valence-electron chi connectivity index (χ4n) is 2.23. The molecule has 111 valence electrons. The Hall–Kier alpha value is -1.77. The van der Waals surface area contributed by atoms with Crippen molar-refractivity contribution in [3.63, 3.8) is 0 Å². The van der Waals surface area contributed by atoms with Gasteiger partial charge in [0.2, 0.25) is 0 Å². The smallest absolute Gasteiger partial charge is 0.170 e. The molecule has 1 radical (unpaired) electrons. The van der Waals surface area contributed by atoms with E-state index in [0.29, 0.717) is 11.5 Å². The van der Waals surface area contributed by atoms with Gasteiger partial charge in [0.1, 0.15) is 5.92 Å². The average Bonchev–Trinajstić information content (AvgIpc) is 2.45. The van der Waals surface area contributed by atoms with Gasteiger partial charge in [-0.05, 0) is 29.0 Å². The molecule has 2 rings (SSSR count). The largest absolute Gasteiger partial charge is 0.399 e. The first-order chi connectivity index (χ1) is 9.88. The zero-order chi connectivity index (χ0) is 15.5. The van der Waals surface area contributed by atoms with E-state index >= 15 is 0 Å². The van der Waals surface area contributed by atoms with E-state index in [2.05, 4.69) is 13.8 Å². The van der Waals surface area contributed by atoms with Gasteiger partial charge in [-0.25, -0.2) is 0 Å². The molecule has 0 unspecified atom stereocenters. The lowest BCUT2D eigenvalue weighted by Crippen LogP contribution is -2.24. The zero-order valence-electron chi connectivity index (χ0n) is 12.1. The molecule has 3 heteroatoms. The van der Waals surface area contributed by atoms with Crippen molar-refractivity contribution in [1.29, 1.82) is 0 Å². The maximum absolute atomic E-state index is 13.3. The third-order valence-electron chi connectivity index (χ3n) is 3.49. The summed E-state index contributed by atoms with van der Waals surface area (Å²) < 4.78 is 39.8. The summed E-state index contributed by atoms with van der Waals surface area (Å²) in [5, 5.41) is 0. The molecule has 0 N–H and O–H groups in total. The first-order valence-electron chi connectivity index (χ1n) is 6.95. The van der Waals surface area contributed by atoms with Crippen LogP contribution in [0.25, 0.3) is 0 Å². The second kappa shape index (κ2) is 6.33. The van der Waals surface area contributed by atoms with Crippen LogP contribution in [0.2, 0.25) is 0 Å². The van der Waals surface area contributed by atoms with Crippen LogP contribution in [0.3, 0.4) is 0 Å². The van der Waals surface area contributed by atoms with Crippen LogP contribution in [0.1, 0.15) is 36.5 Å². The van der Waals surface area contributed by atoms with E-state index in [-0.39, 0.29) is 12.0 Å². The first kappa shape index (κ1) is 15.6. The number of benzene rings is 2. The minimum atomic E-state index is -4.32. The standard InChI is InChI=1S/C18H18F3/c1-13(2)15-10-8-14(9-11-15)12-17(18(19,20)21)16-6-4-3-5-7-16/h3-11,13H,12H2,1-2H3. The molecule has 0 amide bonds. The monoisotopic (exact) mass is 291 g/mol. The van der Waals surface area contributed by atoms with E-state index in [9.17, 15) is 13.2 Å². The van der Waals surface area contributed by atoms with Gasteiger partial charge in [-0.2, -0.15) is 13.2 Å². The maximum atomic E-state index is 13.3. The average molecular weight is 291 g/mol. The lowest BCUT2D eigenvalue weighted by atomic mass is 9.90. The predicted molar refractivity (Wildman–Crippen MR) is 79.1 cm³/mol. The molecular weight excluding hydrogens is 273 g/mol. The normalized spacial score (nSPS) is 12.1. The molecule has 0 saturated heterocycles. The summed E-state index contributed by atoms with van der Waals surface area (Å²) in [4.78, 5) is 0. The predicted octanol–water partition coefficient (Wildman–Crippen LogP) is 5.54. The number of hydrogen-bond donors (Lipinski definition) is 0. The summed E-state index contributed by atoms with van der Waals surface area (Å²) in [6.45, 7) is 4.12. The molecule has 2 aromatic rings. The first-order valence-corrected chi connectivity index (χ1v) is 6.95. The summed E-state index contributed by atoms with van der Waals surface area (Å²) in [6, 6.07) is 15.4. The Bertz CT molecular complexity index is 553. The molecule has 0 nitrogen and oxygen atoms in total. The minimum Gasteiger partial charge on any atom is -0.170 e. The van der Waals surface area contributed by atoms with Crippen LogP contribution in [0.15, 0.2) is 54.6 Å². The van der Waals surface area contributed by atoms with Crippen LogP contribution < -0.4 is 0 Å². The van der Waals surface area contributed by atoms with Crippen molar-refractivity contribution in [2.75, 3.05) is 0 Å². The second-order valence-corrected chi connectivity index (χ2v) is 5.42. The van der Waals surface area contributed by atoms with Gasteiger partial charge in [-0.3, -0.25) is 0 Å². The zero-order valence-corrected chi connectivity index (χ0v) is 12.1. The summed E-state index contributed by atoms with van der Waals surface area (Å²) in [5.74, 6) is -0.125. The molecule has 0 aliphatic heterocycles. The Morgan fingerprint density at radius 2 is 1.48 bits per heavy atom. The summed E-state index contributed by atoms with van der Waals surface area (Å²) in [6.07, 6.45) is -4.43. The number of alkyl halides is 3. The van der Waals surface area contributed by atoms with Crippen LogP contribution in [-0.4, -0.2) is 6.18 Å². The van der Waals surface area contributed by atoms with Crippen molar-refractivity contribution in [3.05, 3.63) is 77.2 Å². The third-order valence-corrected chi connectivity index (χ3v) is 3.49. The van der Waals surface area contributed by atoms with Gasteiger partial charge >= 0.3 is 6.18 Å². The molecule has 2 aromatic carbocycles. The van der Waals surface area contributed by atoms with Gasteiger partial charge in [0.25, 0.3) is 0 Å². The van der Waals surface area contributed by atoms with Gasteiger partial charge in [0.05, 0.1) is 0 Å². The van der Waals surface area contributed by atoms with Crippen molar-refractivity contribution in [3.8, 4) is 0 Å². The van der Waals surface area contributed by atoms with Gasteiger partial charge in [0.15, 0.2) is 0 Å². The molecule has 0 heterocycles. The Kier molecular flexibility index (Phi) is 4.71. The Labute approximate surface area is 123 Å². The number of halogens is 3. The molecule has 0 fully saturated rings. The van der Waals surface area contributed by atoms with Crippen molar-refractivity contribution >= 4 is 0 Å². The highest BCUT2D eigenvalue weighted by atomic mass is 19.4. The highest BCUT2D eigenvalue weighted by Gasteiger charge is 2.41. The van der Waals surface area contributed by atoms with Gasteiger partial charge in [0, 0.05) is 0 Å². The lowest BCUT2D eigenvalue weighted by Gasteiger charge is -2.20. The van der Waals surface area contributed by atoms with E-state index < -0.39 is 12.1 Å². The quantitative estimate of drug-likeness (QED) is 0.694. The molecule has 0 aliphatic carbocycles. The molecule has 21 heavy (non-hydrogen) atoms. The van der Waals surface area contributed by atoms with Crippen LogP contribution >= 0.6 is 0 Å². The number of rotatable bonds is 4. The minimum absolute atomic E-state index is 0.105. The summed E-state index contributed by atoms with van der Waals surface area (Å²) in [7, 11) is 0. The molecule has 0 spiro atoms. The fourth-order valence-corrected chi connectivity index (χ4v) is 2.23.